The van der Waals surface area contributed by atoms with E-state index in [1.54, 1.807) is 0 Å². The third-order valence-electron chi connectivity index (χ3n) is 5.35. The monoisotopic (exact) mass is 462 g/mol. The average Bonchev–Trinajstić information content (AvgIpc) is 3.56. The van der Waals surface area contributed by atoms with Crippen molar-refractivity contribution in [1.29, 1.82) is 0 Å². The van der Waals surface area contributed by atoms with Gasteiger partial charge in [0.15, 0.2) is 0 Å². The minimum atomic E-state index is -1.07. The predicted octanol–water partition coefficient (Wildman–Crippen LogP) is 4.77. The van der Waals surface area contributed by atoms with E-state index < -0.39 is 16.8 Å². The zero-order valence-electron chi connectivity index (χ0n) is 19.4. The van der Waals surface area contributed by atoms with Crippen LogP contribution in [0, 0.1) is 18.8 Å². The summed E-state index contributed by atoms with van der Waals surface area (Å²) in [6, 6.07) is 7.36. The van der Waals surface area contributed by atoms with E-state index in [2.05, 4.69) is 44.1 Å². The molecule has 0 saturated carbocycles. The zero-order chi connectivity index (χ0) is 22.8. The van der Waals surface area contributed by atoms with Gasteiger partial charge in [0.25, 0.3) is 0 Å². The number of carbonyl (C=O) groups is 1. The molecule has 1 aromatic rings. The van der Waals surface area contributed by atoms with Gasteiger partial charge in [-0.3, -0.25) is 9.00 Å². The second kappa shape index (κ2) is 13.2. The summed E-state index contributed by atoms with van der Waals surface area (Å²) in [5, 5.41) is 6.37. The van der Waals surface area contributed by atoms with Crippen LogP contribution in [0.4, 0.5) is 0 Å². The van der Waals surface area contributed by atoms with E-state index in [0.717, 1.165) is 31.2 Å². The summed E-state index contributed by atoms with van der Waals surface area (Å²) >= 11 is 0. The van der Waals surface area contributed by atoms with Gasteiger partial charge in [0.2, 0.25) is 5.91 Å². The molecule has 4 nitrogen and oxygen atoms in total. The van der Waals surface area contributed by atoms with E-state index in [1.807, 2.05) is 37.3 Å². The molecule has 5 atom stereocenters. The minimum absolute atomic E-state index is 0.0163. The van der Waals surface area contributed by atoms with Crippen molar-refractivity contribution in [2.45, 2.75) is 63.6 Å². The second-order valence-electron chi connectivity index (χ2n) is 9.06. The van der Waals surface area contributed by atoms with Crippen LogP contribution in [-0.4, -0.2) is 40.3 Å². The Morgan fingerprint density at radius 3 is 2.55 bits per heavy atom. The fraction of sp³-hybridized carbons (Fsp3) is 0.560. The van der Waals surface area contributed by atoms with Gasteiger partial charge in [-0.05, 0) is 55.6 Å². The molecule has 31 heavy (non-hydrogen) atoms. The molecule has 2 N–H and O–H groups in total. The lowest BCUT2D eigenvalue weighted by molar-refractivity contribution is -0.122. The van der Waals surface area contributed by atoms with Gasteiger partial charge in [0.05, 0.1) is 10.8 Å². The van der Waals surface area contributed by atoms with E-state index >= 15 is 0 Å². The molecule has 1 amide bonds. The van der Waals surface area contributed by atoms with E-state index in [1.165, 1.54) is 12.6 Å². The minimum Gasteiger partial charge on any atom is -0.374 e. The number of hydrogen-bond acceptors (Lipinski definition) is 3. The Bertz CT molecular complexity index is 772. The highest BCUT2D eigenvalue weighted by Gasteiger charge is 2.21. The number of rotatable bonds is 14. The van der Waals surface area contributed by atoms with Crippen LogP contribution in [0.25, 0.3) is 0 Å². The lowest BCUT2D eigenvalue weighted by Crippen LogP contribution is -2.44. The molecule has 172 valence electrons. The van der Waals surface area contributed by atoms with Crippen molar-refractivity contribution in [3.63, 3.8) is 0 Å². The van der Waals surface area contributed by atoms with Crippen molar-refractivity contribution in [1.82, 2.24) is 10.6 Å². The smallest absolute Gasteiger partial charge is 0.246 e. The predicted molar refractivity (Wildman–Crippen MR) is 135 cm³/mol. The van der Waals surface area contributed by atoms with Crippen LogP contribution in [0.2, 0.25) is 0 Å². The Morgan fingerprint density at radius 1 is 1.26 bits per heavy atom. The number of nitrogens with one attached hydrogen (secondary N) is 2. The largest absolute Gasteiger partial charge is 0.374 e. The van der Waals surface area contributed by atoms with Crippen molar-refractivity contribution in [3.8, 4) is 0 Å². The summed E-state index contributed by atoms with van der Waals surface area (Å²) in [7, 11) is -0.0946. The van der Waals surface area contributed by atoms with E-state index in [0.29, 0.717) is 36.2 Å². The van der Waals surface area contributed by atoms with Gasteiger partial charge < -0.3 is 10.6 Å². The molecule has 1 aliphatic heterocycles. The van der Waals surface area contributed by atoms with Gasteiger partial charge >= 0.3 is 0 Å². The molecule has 2 rings (SSSR count). The molecular formula is C25H39N2O2PS. The molecular weight excluding hydrogens is 423 g/mol. The van der Waals surface area contributed by atoms with Gasteiger partial charge in [0.1, 0.15) is 6.04 Å². The Balaban J connectivity index is 1.84. The number of allylic oxidation sites excluding steroid dienone is 2. The van der Waals surface area contributed by atoms with Crippen molar-refractivity contribution >= 4 is 25.3 Å². The molecule has 0 aliphatic carbocycles. The summed E-state index contributed by atoms with van der Waals surface area (Å²) in [6.45, 7) is 13.4. The maximum atomic E-state index is 12.8. The lowest BCUT2D eigenvalue weighted by atomic mass is 9.99. The van der Waals surface area contributed by atoms with Crippen molar-refractivity contribution in [3.05, 3.63) is 54.3 Å². The third kappa shape index (κ3) is 10.6. The first kappa shape index (κ1) is 25.8. The van der Waals surface area contributed by atoms with Gasteiger partial charge in [-0.1, -0.05) is 63.6 Å². The molecule has 1 saturated heterocycles. The van der Waals surface area contributed by atoms with E-state index in [-0.39, 0.29) is 5.91 Å². The molecule has 1 aliphatic rings. The Morgan fingerprint density at radius 2 is 1.94 bits per heavy atom. The van der Waals surface area contributed by atoms with Gasteiger partial charge in [-0.15, -0.1) is 8.58 Å². The van der Waals surface area contributed by atoms with Crippen LogP contribution >= 0.6 is 8.58 Å². The summed E-state index contributed by atoms with van der Waals surface area (Å²) in [6.07, 6.45) is 8.21. The van der Waals surface area contributed by atoms with Crippen LogP contribution < -0.4 is 10.6 Å². The number of benzene rings is 1. The highest BCUT2D eigenvalue weighted by atomic mass is 32.2. The first-order valence-electron chi connectivity index (χ1n) is 11.3. The Hall–Kier alpha value is -1.45. The normalized spacial score (nSPS) is 19.3. The van der Waals surface area contributed by atoms with Gasteiger partial charge in [0, 0.05) is 22.9 Å². The van der Waals surface area contributed by atoms with E-state index in [4.69, 9.17) is 0 Å². The third-order valence-corrected chi connectivity index (χ3v) is 7.80. The fourth-order valence-electron chi connectivity index (χ4n) is 3.07. The number of carbonyl (C=O) groups excluding carboxylic acids is 1. The van der Waals surface area contributed by atoms with Crippen LogP contribution in [0.3, 0.4) is 0 Å². The van der Waals surface area contributed by atoms with Crippen molar-refractivity contribution in [2.24, 2.45) is 11.8 Å². The molecule has 1 fully saturated rings. The van der Waals surface area contributed by atoms with Crippen LogP contribution in [0.1, 0.15) is 45.6 Å². The molecule has 0 radical (unpaired) electrons. The Labute approximate surface area is 193 Å². The lowest BCUT2D eigenvalue weighted by Gasteiger charge is -2.20. The first-order valence-corrected chi connectivity index (χ1v) is 13.9. The first-order chi connectivity index (χ1) is 14.7. The highest BCUT2D eigenvalue weighted by molar-refractivity contribution is 7.85. The van der Waals surface area contributed by atoms with Gasteiger partial charge in [-0.2, -0.15) is 0 Å². The number of amides is 1. The second-order valence-corrected chi connectivity index (χ2v) is 12.2. The molecule has 1 heterocycles. The molecule has 0 spiro atoms. The molecule has 6 heteroatoms. The topological polar surface area (TPSA) is 58.2 Å². The van der Waals surface area contributed by atoms with E-state index in [9.17, 15) is 9.00 Å². The van der Waals surface area contributed by atoms with Crippen LogP contribution in [0.15, 0.2) is 53.6 Å². The zero-order valence-corrected chi connectivity index (χ0v) is 21.3. The van der Waals surface area contributed by atoms with Crippen LogP contribution in [0.5, 0.6) is 0 Å². The molecule has 0 bridgehead atoms. The standard InChI is InChI=1S/C25H39N2O2PS/c1-18(2)6-7-20(4)16-26-25(28)24(13-10-22-17-30-22)27-21(5)14-15-31(29)23-11-8-19(3)9-12-23/h8-13,18,20,22,24,27,30H,5-7,14-17H2,1-4H3,(H,26,28). The summed E-state index contributed by atoms with van der Waals surface area (Å²) < 4.78 is 12.5. The maximum absolute atomic E-state index is 12.8. The number of hydrogen-bond donors (Lipinski definition) is 2. The van der Waals surface area contributed by atoms with Gasteiger partial charge in [-0.25, -0.2) is 0 Å². The number of aryl methyl sites for hydroxylation is 1. The summed E-state index contributed by atoms with van der Waals surface area (Å²) in [5.74, 6) is 1.62. The maximum Gasteiger partial charge on any atom is 0.246 e. The highest BCUT2D eigenvalue weighted by Crippen LogP contribution is 2.39. The van der Waals surface area contributed by atoms with Crippen molar-refractivity contribution < 1.29 is 9.00 Å². The SMILES string of the molecule is C=C(CCS(=O)c1ccc(C)cc1)NC(C=CC1CP1)C(=O)NCC(C)CCC(C)C. The molecule has 1 aromatic carbocycles. The quantitative estimate of drug-likeness (QED) is 0.309. The molecule has 5 unspecified atom stereocenters. The average molecular weight is 463 g/mol. The van der Waals surface area contributed by atoms with Crippen molar-refractivity contribution in [2.75, 3.05) is 18.5 Å². The summed E-state index contributed by atoms with van der Waals surface area (Å²) in [4.78, 5) is 13.7. The fourth-order valence-corrected chi connectivity index (χ4v) is 4.70. The van der Waals surface area contributed by atoms with Crippen LogP contribution in [-0.2, 0) is 15.6 Å². The summed E-state index contributed by atoms with van der Waals surface area (Å²) in [5.41, 5.74) is 2.53. The Kier molecular flexibility index (Phi) is 11.0. The molecule has 0 aromatic heterocycles.